The summed E-state index contributed by atoms with van der Waals surface area (Å²) < 4.78 is 0.926. The Morgan fingerprint density at radius 3 is 2.29 bits per heavy atom. The van der Waals surface area contributed by atoms with Crippen molar-refractivity contribution in [3.8, 4) is 23.5 Å². The Morgan fingerprint density at radius 1 is 0.935 bits per heavy atom. The molecule has 6 heteroatoms. The highest BCUT2D eigenvalue weighted by molar-refractivity contribution is 9.10. The van der Waals surface area contributed by atoms with Gasteiger partial charge in [-0.1, -0.05) is 40.2 Å². The summed E-state index contributed by atoms with van der Waals surface area (Å²) in [6.07, 6.45) is 0. The monoisotopic (exact) mass is 464 g/mol. The first-order chi connectivity index (χ1) is 15.0. The predicted octanol–water partition coefficient (Wildman–Crippen LogP) is 6.24. The van der Waals surface area contributed by atoms with Crippen LogP contribution in [0, 0.1) is 22.7 Å². The number of fused-ring (bicyclic) bond motifs is 6. The molecule has 146 valence electrons. The second-order valence-corrected chi connectivity index (χ2v) is 8.18. The van der Waals surface area contributed by atoms with Gasteiger partial charge in [0.15, 0.2) is 5.78 Å². The van der Waals surface area contributed by atoms with Crippen molar-refractivity contribution < 1.29 is 4.79 Å². The van der Waals surface area contributed by atoms with E-state index >= 15 is 0 Å². The summed E-state index contributed by atoms with van der Waals surface area (Å²) in [5.41, 5.74) is 3.43. The highest BCUT2D eigenvalue weighted by atomic mass is 79.9. The van der Waals surface area contributed by atoms with Gasteiger partial charge >= 0.3 is 0 Å². The van der Waals surface area contributed by atoms with Gasteiger partial charge < -0.3 is 4.98 Å². The number of halogens is 1. The minimum Gasteiger partial charge on any atom is -0.337 e. The molecule has 0 saturated carbocycles. The molecule has 0 unspecified atom stereocenters. The maximum absolute atomic E-state index is 12.0. The summed E-state index contributed by atoms with van der Waals surface area (Å²) in [4.78, 5) is 20.2. The fourth-order valence-electron chi connectivity index (χ4n) is 4.03. The van der Waals surface area contributed by atoms with Crippen molar-refractivity contribution in [2.45, 2.75) is 6.92 Å². The number of aromatic nitrogens is 2. The predicted molar refractivity (Wildman–Crippen MR) is 124 cm³/mol. The van der Waals surface area contributed by atoms with Crippen molar-refractivity contribution in [3.05, 3.63) is 75.8 Å². The van der Waals surface area contributed by atoms with Gasteiger partial charge in [-0.3, -0.25) is 4.79 Å². The first-order valence-corrected chi connectivity index (χ1v) is 10.3. The molecular weight excluding hydrogens is 452 g/mol. The molecule has 0 aliphatic carbocycles. The van der Waals surface area contributed by atoms with Crippen LogP contribution in [0.15, 0.2) is 59.1 Å². The highest BCUT2D eigenvalue weighted by Gasteiger charge is 2.19. The van der Waals surface area contributed by atoms with Gasteiger partial charge in [-0.15, -0.1) is 0 Å². The summed E-state index contributed by atoms with van der Waals surface area (Å²) in [7, 11) is 0. The number of nitriles is 2. The molecule has 0 fully saturated rings. The fraction of sp³-hybridized carbons (Fsp3) is 0.0400. The molecule has 5 aromatic rings. The number of aromatic amines is 1. The SMILES string of the molecule is CC(=O)c1ccc2c(c1)c1cc(Br)ccc1c1[nH]c(-c3c(C#N)cccc3C#N)nc21. The van der Waals surface area contributed by atoms with Gasteiger partial charge in [0.1, 0.15) is 5.82 Å². The number of Topliss-reactive ketones (excluding diaryl/α,β-unsaturated/α-hetero) is 1. The van der Waals surface area contributed by atoms with E-state index in [1.807, 2.05) is 30.3 Å². The maximum atomic E-state index is 12.0. The van der Waals surface area contributed by atoms with Crippen molar-refractivity contribution in [2.75, 3.05) is 0 Å². The third-order valence-corrected chi connectivity index (χ3v) is 5.96. The zero-order valence-electron chi connectivity index (χ0n) is 16.3. The molecule has 0 saturated heterocycles. The van der Waals surface area contributed by atoms with Gasteiger partial charge in [-0.25, -0.2) is 4.98 Å². The minimum absolute atomic E-state index is 0.00512. The zero-order chi connectivity index (χ0) is 21.7. The van der Waals surface area contributed by atoms with E-state index in [9.17, 15) is 15.3 Å². The molecule has 1 heterocycles. The van der Waals surface area contributed by atoms with Crippen LogP contribution in [0.2, 0.25) is 0 Å². The second-order valence-electron chi connectivity index (χ2n) is 7.27. The van der Waals surface area contributed by atoms with Crippen molar-refractivity contribution in [2.24, 2.45) is 0 Å². The summed E-state index contributed by atoms with van der Waals surface area (Å²) in [5, 5.41) is 22.9. The van der Waals surface area contributed by atoms with Gasteiger partial charge in [0.25, 0.3) is 0 Å². The third-order valence-electron chi connectivity index (χ3n) is 5.47. The number of rotatable bonds is 2. The summed E-state index contributed by atoms with van der Waals surface area (Å²) in [6.45, 7) is 1.55. The zero-order valence-corrected chi connectivity index (χ0v) is 17.9. The molecule has 0 spiro atoms. The normalized spacial score (nSPS) is 11.0. The molecule has 31 heavy (non-hydrogen) atoms. The lowest BCUT2D eigenvalue weighted by Crippen LogP contribution is -1.92. The molecule has 1 aromatic heterocycles. The Morgan fingerprint density at radius 2 is 1.61 bits per heavy atom. The fourth-order valence-corrected chi connectivity index (χ4v) is 4.39. The van der Waals surface area contributed by atoms with E-state index in [1.165, 1.54) is 0 Å². The average Bonchev–Trinajstić information content (AvgIpc) is 3.23. The van der Waals surface area contributed by atoms with Crippen LogP contribution in [-0.4, -0.2) is 15.8 Å². The minimum atomic E-state index is -0.00512. The molecule has 5 nitrogen and oxygen atoms in total. The first kappa shape index (κ1) is 19.0. The Balaban J connectivity index is 1.96. The van der Waals surface area contributed by atoms with Crippen LogP contribution in [0.1, 0.15) is 28.4 Å². The largest absolute Gasteiger partial charge is 0.337 e. The third kappa shape index (κ3) is 2.89. The number of H-pyrrole nitrogens is 1. The van der Waals surface area contributed by atoms with E-state index in [0.717, 1.165) is 37.1 Å². The summed E-state index contributed by atoms with van der Waals surface area (Å²) >= 11 is 3.54. The molecular formula is C25H13BrN4O. The Hall–Kier alpha value is -4.00. The van der Waals surface area contributed by atoms with Gasteiger partial charge in [-0.05, 0) is 48.0 Å². The molecule has 5 rings (SSSR count). The van der Waals surface area contributed by atoms with Crippen molar-refractivity contribution in [1.29, 1.82) is 10.5 Å². The van der Waals surface area contributed by atoms with Gasteiger partial charge in [-0.2, -0.15) is 10.5 Å². The van der Waals surface area contributed by atoms with Crippen LogP contribution in [-0.2, 0) is 0 Å². The standard InChI is InChI=1S/C25H13BrN4O/c1-13(31)14-5-7-18-20(9-14)21-10-17(26)6-8-19(21)24-23(18)29-25(30-24)22-15(11-27)3-2-4-16(22)12-28/h2-10H,1H3,(H,29,30). The van der Waals surface area contributed by atoms with Crippen LogP contribution in [0.4, 0.5) is 0 Å². The van der Waals surface area contributed by atoms with Gasteiger partial charge in [0.05, 0.1) is 39.9 Å². The molecule has 0 aliphatic rings. The van der Waals surface area contributed by atoms with Gasteiger partial charge in [0, 0.05) is 20.8 Å². The Labute approximate surface area is 185 Å². The molecule has 0 atom stereocenters. The molecule has 0 aliphatic heterocycles. The van der Waals surface area contributed by atoms with E-state index in [2.05, 4.69) is 33.1 Å². The highest BCUT2D eigenvalue weighted by Crippen LogP contribution is 2.38. The van der Waals surface area contributed by atoms with E-state index in [-0.39, 0.29) is 5.78 Å². The van der Waals surface area contributed by atoms with Crippen LogP contribution in [0.5, 0.6) is 0 Å². The lowest BCUT2D eigenvalue weighted by molar-refractivity contribution is 0.101. The smallest absolute Gasteiger partial charge is 0.159 e. The second kappa shape index (κ2) is 7.05. The Kier molecular flexibility index (Phi) is 4.32. The van der Waals surface area contributed by atoms with Crippen LogP contribution < -0.4 is 0 Å². The number of carbonyl (C=O) groups is 1. The quantitative estimate of drug-likeness (QED) is 0.247. The number of nitrogens with one attached hydrogen (secondary N) is 1. The van der Waals surface area contributed by atoms with Crippen LogP contribution in [0.3, 0.4) is 0 Å². The molecule has 0 radical (unpaired) electrons. The molecule has 4 aromatic carbocycles. The average molecular weight is 465 g/mol. The summed E-state index contributed by atoms with van der Waals surface area (Å²) in [6, 6.07) is 20.9. The lowest BCUT2D eigenvalue weighted by Gasteiger charge is -2.08. The number of benzene rings is 4. The van der Waals surface area contributed by atoms with Crippen LogP contribution in [0.25, 0.3) is 44.0 Å². The number of carbonyl (C=O) groups excluding carboxylic acids is 1. The van der Waals surface area contributed by atoms with Crippen molar-refractivity contribution >= 4 is 54.3 Å². The number of nitrogens with zero attached hydrogens (tertiary/aromatic N) is 3. The van der Waals surface area contributed by atoms with E-state index < -0.39 is 0 Å². The summed E-state index contributed by atoms with van der Waals surface area (Å²) in [5.74, 6) is 0.463. The number of imidazole rings is 1. The molecule has 0 bridgehead atoms. The first-order valence-electron chi connectivity index (χ1n) is 9.51. The van der Waals surface area contributed by atoms with Crippen molar-refractivity contribution in [3.63, 3.8) is 0 Å². The maximum Gasteiger partial charge on any atom is 0.159 e. The van der Waals surface area contributed by atoms with Crippen LogP contribution >= 0.6 is 15.9 Å². The van der Waals surface area contributed by atoms with Crippen molar-refractivity contribution in [1.82, 2.24) is 9.97 Å². The number of hydrogen-bond acceptors (Lipinski definition) is 4. The van der Waals surface area contributed by atoms with E-state index in [0.29, 0.717) is 28.1 Å². The number of hydrogen-bond donors (Lipinski definition) is 1. The Bertz CT molecular complexity index is 1620. The van der Waals surface area contributed by atoms with E-state index in [4.69, 9.17) is 4.98 Å². The molecule has 1 N–H and O–H groups in total. The molecule has 0 amide bonds. The topological polar surface area (TPSA) is 93.3 Å². The number of ketones is 1. The van der Waals surface area contributed by atoms with E-state index in [1.54, 1.807) is 31.2 Å². The van der Waals surface area contributed by atoms with Gasteiger partial charge in [0.2, 0.25) is 0 Å². The lowest BCUT2D eigenvalue weighted by atomic mass is 9.97.